The molecule has 22 heavy (non-hydrogen) atoms. The van der Waals surface area contributed by atoms with Gasteiger partial charge in [0, 0.05) is 20.5 Å². The molecule has 0 aliphatic rings. The first-order chi connectivity index (χ1) is 10.5. The van der Waals surface area contributed by atoms with E-state index in [0.717, 1.165) is 11.5 Å². The van der Waals surface area contributed by atoms with Gasteiger partial charge >= 0.3 is 0 Å². The molecule has 1 aromatic carbocycles. The van der Waals surface area contributed by atoms with Crippen molar-refractivity contribution in [3.05, 3.63) is 20.9 Å². The van der Waals surface area contributed by atoms with Crippen molar-refractivity contribution in [1.29, 1.82) is 0 Å². The summed E-state index contributed by atoms with van der Waals surface area (Å²) in [6, 6.07) is 0. The zero-order valence-electron chi connectivity index (χ0n) is 14.0. The number of fused-ring (bicyclic) bond motifs is 2. The second-order valence-corrected chi connectivity index (χ2v) is 7.95. The van der Waals surface area contributed by atoms with E-state index < -0.39 is 0 Å². The van der Waals surface area contributed by atoms with Gasteiger partial charge in [-0.05, 0) is 52.7 Å². The van der Waals surface area contributed by atoms with Gasteiger partial charge in [0.15, 0.2) is 0 Å². The van der Waals surface area contributed by atoms with Crippen molar-refractivity contribution in [2.45, 2.75) is 41.5 Å². The molecule has 4 heteroatoms. The second-order valence-electron chi connectivity index (χ2n) is 5.50. The molecule has 0 bridgehead atoms. The maximum atomic E-state index is 6.09. The molecular formula is C18H22O2S2. The van der Waals surface area contributed by atoms with Gasteiger partial charge in [-0.25, -0.2) is 0 Å². The Bertz CT molecular complexity index is 783. The zero-order chi connectivity index (χ0) is 16.0. The number of ether oxygens (including phenoxy) is 2. The van der Waals surface area contributed by atoms with Crippen LogP contribution in [-0.2, 0) is 0 Å². The monoisotopic (exact) mass is 334 g/mol. The van der Waals surface area contributed by atoms with Crippen LogP contribution >= 0.6 is 22.7 Å². The van der Waals surface area contributed by atoms with Gasteiger partial charge in [0.1, 0.15) is 11.5 Å². The van der Waals surface area contributed by atoms with Crippen molar-refractivity contribution < 1.29 is 9.47 Å². The fraction of sp³-hybridized carbons (Fsp3) is 0.444. The lowest BCUT2D eigenvalue weighted by atomic mass is 10.1. The molecule has 0 saturated carbocycles. The third-order valence-electron chi connectivity index (χ3n) is 4.21. The van der Waals surface area contributed by atoms with Gasteiger partial charge in [-0.15, -0.1) is 22.7 Å². The van der Waals surface area contributed by atoms with Crippen molar-refractivity contribution in [1.82, 2.24) is 0 Å². The predicted octanol–water partition coefficient (Wildman–Crippen LogP) is 6.15. The van der Waals surface area contributed by atoms with Crippen LogP contribution in [-0.4, -0.2) is 13.2 Å². The average molecular weight is 335 g/mol. The van der Waals surface area contributed by atoms with Crippen molar-refractivity contribution in [2.24, 2.45) is 0 Å². The third kappa shape index (κ3) is 2.12. The molecule has 2 aromatic heterocycles. The standard InChI is InChI=1S/C18H22O2S2/c1-7-19-15-13-9(3)11(5)22-18(13)16(20-8-2)14-10(4)12(6)21-17(14)15/h7-8H2,1-6H3. The summed E-state index contributed by atoms with van der Waals surface area (Å²) in [5.74, 6) is 2.08. The summed E-state index contributed by atoms with van der Waals surface area (Å²) in [7, 11) is 0. The molecule has 0 aliphatic carbocycles. The molecule has 0 aliphatic heterocycles. The number of rotatable bonds is 4. The van der Waals surface area contributed by atoms with Gasteiger partial charge < -0.3 is 9.47 Å². The predicted molar refractivity (Wildman–Crippen MR) is 98.5 cm³/mol. The largest absolute Gasteiger partial charge is 0.492 e. The van der Waals surface area contributed by atoms with Crippen molar-refractivity contribution in [2.75, 3.05) is 13.2 Å². The molecule has 3 rings (SSSR count). The molecule has 118 valence electrons. The van der Waals surface area contributed by atoms with Crippen molar-refractivity contribution in [3.63, 3.8) is 0 Å². The van der Waals surface area contributed by atoms with Crippen LogP contribution in [0.1, 0.15) is 34.7 Å². The summed E-state index contributed by atoms with van der Waals surface area (Å²) in [4.78, 5) is 2.67. The Morgan fingerprint density at radius 1 is 0.682 bits per heavy atom. The molecule has 0 fully saturated rings. The number of aryl methyl sites for hydroxylation is 4. The summed E-state index contributed by atoms with van der Waals surface area (Å²) in [6.07, 6.45) is 0. The van der Waals surface area contributed by atoms with Crippen LogP contribution in [0.3, 0.4) is 0 Å². The Morgan fingerprint density at radius 2 is 1.05 bits per heavy atom. The Balaban J connectivity index is 2.57. The van der Waals surface area contributed by atoms with Crippen molar-refractivity contribution >= 4 is 42.8 Å². The van der Waals surface area contributed by atoms with Crippen LogP contribution in [0.5, 0.6) is 11.5 Å². The van der Waals surface area contributed by atoms with E-state index in [9.17, 15) is 0 Å². The average Bonchev–Trinajstić information content (AvgIpc) is 2.94. The highest BCUT2D eigenvalue weighted by Gasteiger charge is 2.24. The second kappa shape index (κ2) is 5.74. The zero-order valence-corrected chi connectivity index (χ0v) is 15.7. The Labute approximate surface area is 139 Å². The number of benzene rings is 1. The maximum Gasteiger partial charge on any atom is 0.146 e. The van der Waals surface area contributed by atoms with Crippen LogP contribution in [0.15, 0.2) is 0 Å². The highest BCUT2D eigenvalue weighted by Crippen LogP contribution is 2.52. The summed E-state index contributed by atoms with van der Waals surface area (Å²) >= 11 is 3.64. The topological polar surface area (TPSA) is 18.5 Å². The van der Waals surface area contributed by atoms with E-state index in [2.05, 4.69) is 41.5 Å². The first-order valence-electron chi connectivity index (χ1n) is 7.72. The Morgan fingerprint density at radius 3 is 1.36 bits per heavy atom. The molecular weight excluding hydrogens is 312 g/mol. The van der Waals surface area contributed by atoms with E-state index in [1.165, 1.54) is 41.1 Å². The smallest absolute Gasteiger partial charge is 0.146 e. The fourth-order valence-corrected chi connectivity index (χ4v) is 5.24. The molecule has 0 atom stereocenters. The number of thiophene rings is 2. The first kappa shape index (κ1) is 15.6. The van der Waals surface area contributed by atoms with Crippen LogP contribution in [0, 0.1) is 27.7 Å². The highest BCUT2D eigenvalue weighted by molar-refractivity contribution is 7.21. The van der Waals surface area contributed by atoms with Gasteiger partial charge in [-0.3, -0.25) is 0 Å². The van der Waals surface area contributed by atoms with E-state index in [1.54, 1.807) is 0 Å². The highest BCUT2D eigenvalue weighted by atomic mass is 32.1. The van der Waals surface area contributed by atoms with Crippen LogP contribution in [0.2, 0.25) is 0 Å². The molecule has 2 nitrogen and oxygen atoms in total. The van der Waals surface area contributed by atoms with E-state index in [1.807, 2.05) is 22.7 Å². The summed E-state index contributed by atoms with van der Waals surface area (Å²) in [5.41, 5.74) is 2.63. The first-order valence-corrected chi connectivity index (χ1v) is 9.35. The maximum absolute atomic E-state index is 6.09. The molecule has 0 saturated heterocycles. The van der Waals surface area contributed by atoms with Crippen LogP contribution < -0.4 is 9.47 Å². The fourth-order valence-electron chi connectivity index (χ4n) is 2.91. The van der Waals surface area contributed by atoms with E-state index in [4.69, 9.17) is 9.47 Å². The Kier molecular flexibility index (Phi) is 4.08. The lowest BCUT2D eigenvalue weighted by molar-refractivity contribution is 0.343. The third-order valence-corrected chi connectivity index (χ3v) is 6.63. The summed E-state index contributed by atoms with van der Waals surface area (Å²) in [5, 5.41) is 2.48. The number of hydrogen-bond donors (Lipinski definition) is 0. The molecule has 3 aromatic rings. The summed E-state index contributed by atoms with van der Waals surface area (Å²) in [6.45, 7) is 14.2. The van der Waals surface area contributed by atoms with Gasteiger partial charge in [-0.1, -0.05) is 0 Å². The van der Waals surface area contributed by atoms with Crippen LogP contribution in [0.25, 0.3) is 20.2 Å². The van der Waals surface area contributed by atoms with E-state index in [-0.39, 0.29) is 0 Å². The Hall–Kier alpha value is -1.26. The lowest BCUT2D eigenvalue weighted by Gasteiger charge is -2.13. The molecule has 0 N–H and O–H groups in total. The summed E-state index contributed by atoms with van der Waals surface area (Å²) < 4.78 is 14.6. The van der Waals surface area contributed by atoms with Gasteiger partial charge in [0.25, 0.3) is 0 Å². The minimum Gasteiger partial charge on any atom is -0.492 e. The molecule has 0 unspecified atom stereocenters. The quantitative estimate of drug-likeness (QED) is 0.570. The molecule has 2 heterocycles. The SMILES string of the molecule is CCOc1c2sc(C)c(C)c2c(OCC)c2sc(C)c(C)c12. The lowest BCUT2D eigenvalue weighted by Crippen LogP contribution is -1.97. The minimum absolute atomic E-state index is 0.683. The molecule has 0 radical (unpaired) electrons. The van der Waals surface area contributed by atoms with Gasteiger partial charge in [0.2, 0.25) is 0 Å². The van der Waals surface area contributed by atoms with Gasteiger partial charge in [0.05, 0.1) is 22.6 Å². The van der Waals surface area contributed by atoms with Crippen LogP contribution in [0.4, 0.5) is 0 Å². The van der Waals surface area contributed by atoms with Gasteiger partial charge in [-0.2, -0.15) is 0 Å². The number of hydrogen-bond acceptors (Lipinski definition) is 4. The minimum atomic E-state index is 0.683. The molecule has 0 spiro atoms. The van der Waals surface area contributed by atoms with E-state index >= 15 is 0 Å². The molecule has 0 amide bonds. The normalized spacial score (nSPS) is 11.5. The van der Waals surface area contributed by atoms with E-state index in [0.29, 0.717) is 13.2 Å². The van der Waals surface area contributed by atoms with Crippen molar-refractivity contribution in [3.8, 4) is 11.5 Å².